The molecule has 1 unspecified atom stereocenters. The molecule has 0 aromatic rings. The number of esters is 1. The lowest BCUT2D eigenvalue weighted by atomic mass is 10.1. The summed E-state index contributed by atoms with van der Waals surface area (Å²) >= 11 is 11.8. The third-order valence-corrected chi connectivity index (χ3v) is 5.69. The van der Waals surface area contributed by atoms with Gasteiger partial charge in [0.1, 0.15) is 0 Å². The van der Waals surface area contributed by atoms with Crippen LogP contribution in [-0.2, 0) is 23.1 Å². The first-order valence-electron chi connectivity index (χ1n) is 5.44. The molecular formula is C10H15Cl2O5P. The third kappa shape index (κ3) is 2.75. The number of rotatable bonds is 6. The Balaban J connectivity index is 3.27. The van der Waals surface area contributed by atoms with Crippen molar-refractivity contribution in [3.05, 3.63) is 10.3 Å². The minimum absolute atomic E-state index is 0.0206. The van der Waals surface area contributed by atoms with Gasteiger partial charge in [0.25, 0.3) is 0 Å². The van der Waals surface area contributed by atoms with Crippen LogP contribution in [0.5, 0.6) is 0 Å². The monoisotopic (exact) mass is 316 g/mol. The van der Waals surface area contributed by atoms with Gasteiger partial charge in [0.15, 0.2) is 10.9 Å². The highest BCUT2D eigenvalue weighted by molar-refractivity contribution is 7.60. The van der Waals surface area contributed by atoms with Gasteiger partial charge in [0.2, 0.25) is 0 Å². The van der Waals surface area contributed by atoms with E-state index in [0.717, 1.165) is 0 Å². The highest BCUT2D eigenvalue weighted by Crippen LogP contribution is 2.61. The first kappa shape index (κ1) is 16.0. The molecule has 0 radical (unpaired) electrons. The number of hydrogen-bond donors (Lipinski definition) is 0. The van der Waals surface area contributed by atoms with Gasteiger partial charge >= 0.3 is 13.6 Å². The van der Waals surface area contributed by atoms with Gasteiger partial charge < -0.3 is 13.8 Å². The maximum absolute atomic E-state index is 12.5. The zero-order chi connectivity index (χ0) is 14.0. The normalized spacial score (nSPS) is 24.6. The van der Waals surface area contributed by atoms with E-state index < -0.39 is 19.2 Å². The molecule has 1 aliphatic rings. The average molecular weight is 317 g/mol. The fraction of sp³-hybridized carbons (Fsp3) is 0.700. The van der Waals surface area contributed by atoms with Crippen molar-refractivity contribution < 1.29 is 23.1 Å². The van der Waals surface area contributed by atoms with Gasteiger partial charge in [-0.15, -0.1) is 11.6 Å². The quantitative estimate of drug-likeness (QED) is 0.427. The smallest absolute Gasteiger partial charge is 0.370 e. The zero-order valence-corrected chi connectivity index (χ0v) is 12.8. The molecule has 1 heterocycles. The molecule has 104 valence electrons. The van der Waals surface area contributed by atoms with Crippen LogP contribution >= 0.6 is 30.8 Å². The molecule has 0 spiro atoms. The fourth-order valence-corrected chi connectivity index (χ4v) is 3.97. The number of hydrogen-bond acceptors (Lipinski definition) is 5. The Morgan fingerprint density at radius 2 is 1.83 bits per heavy atom. The maximum Gasteiger partial charge on any atom is 0.370 e. The van der Waals surface area contributed by atoms with Gasteiger partial charge in [-0.3, -0.25) is 4.57 Å². The van der Waals surface area contributed by atoms with Crippen molar-refractivity contribution in [2.75, 3.05) is 19.1 Å². The molecule has 1 aliphatic heterocycles. The summed E-state index contributed by atoms with van der Waals surface area (Å²) in [5.41, 5.74) is -1.18. The predicted molar refractivity (Wildman–Crippen MR) is 69.0 cm³/mol. The number of carbonyl (C=O) groups excluding carboxylic acids is 1. The molecular weight excluding hydrogens is 302 g/mol. The number of ether oxygens (including phenoxy) is 1. The van der Waals surface area contributed by atoms with Crippen LogP contribution in [0, 0.1) is 0 Å². The van der Waals surface area contributed by atoms with Crippen LogP contribution in [0.1, 0.15) is 20.8 Å². The Kier molecular flexibility index (Phi) is 5.27. The van der Waals surface area contributed by atoms with E-state index in [1.807, 2.05) is 0 Å². The zero-order valence-electron chi connectivity index (χ0n) is 10.4. The van der Waals surface area contributed by atoms with E-state index >= 15 is 0 Å². The van der Waals surface area contributed by atoms with E-state index in [2.05, 4.69) is 0 Å². The lowest BCUT2D eigenvalue weighted by molar-refractivity contribution is -0.143. The molecule has 0 bridgehead atoms. The van der Waals surface area contributed by atoms with Crippen molar-refractivity contribution in [3.8, 4) is 0 Å². The lowest BCUT2D eigenvalue weighted by Crippen LogP contribution is -2.28. The topological polar surface area (TPSA) is 61.8 Å². The Morgan fingerprint density at radius 1 is 1.33 bits per heavy atom. The van der Waals surface area contributed by atoms with Crippen molar-refractivity contribution in [2.45, 2.75) is 26.4 Å². The van der Waals surface area contributed by atoms with Gasteiger partial charge in [0, 0.05) is 0 Å². The van der Waals surface area contributed by atoms with Gasteiger partial charge in [-0.25, -0.2) is 4.79 Å². The predicted octanol–water partition coefficient (Wildman–Crippen LogP) is 3.26. The summed E-state index contributed by atoms with van der Waals surface area (Å²) < 4.78 is 27.7. The average Bonchev–Trinajstić information content (AvgIpc) is 2.51. The lowest BCUT2D eigenvalue weighted by Gasteiger charge is -2.19. The standard InChI is InChI=1S/C10H15Cl2O5P/c1-4-15-18(14,16-5-2)7-8(12)10(3,6-11)17-9(7)13/h4-6H2,1-3H3. The van der Waals surface area contributed by atoms with E-state index in [4.69, 9.17) is 37.0 Å². The van der Waals surface area contributed by atoms with Gasteiger partial charge in [-0.2, -0.15) is 0 Å². The van der Waals surface area contributed by atoms with Crippen molar-refractivity contribution >= 4 is 36.8 Å². The van der Waals surface area contributed by atoms with Crippen LogP contribution in [0.2, 0.25) is 0 Å². The molecule has 0 N–H and O–H groups in total. The molecule has 0 aliphatic carbocycles. The molecule has 8 heteroatoms. The summed E-state index contributed by atoms with van der Waals surface area (Å²) in [5.74, 6) is -0.854. The molecule has 0 fully saturated rings. The summed E-state index contributed by atoms with van der Waals surface area (Å²) in [6.45, 7) is 5.06. The SMILES string of the molecule is CCOP(=O)(OCC)C1=C(Cl)C(C)(CCl)OC1=O. The summed E-state index contributed by atoms with van der Waals surface area (Å²) in [7, 11) is -3.76. The van der Waals surface area contributed by atoms with Crippen LogP contribution in [0.25, 0.3) is 0 Å². The van der Waals surface area contributed by atoms with E-state index in [0.29, 0.717) is 0 Å². The second-order valence-electron chi connectivity index (χ2n) is 3.75. The Morgan fingerprint density at radius 3 is 2.17 bits per heavy atom. The highest BCUT2D eigenvalue weighted by atomic mass is 35.5. The largest absolute Gasteiger partial charge is 0.448 e. The van der Waals surface area contributed by atoms with Crippen LogP contribution in [0.4, 0.5) is 0 Å². The second-order valence-corrected chi connectivity index (χ2v) is 6.35. The molecule has 1 atom stereocenters. The van der Waals surface area contributed by atoms with E-state index in [1.165, 1.54) is 6.92 Å². The first-order valence-corrected chi connectivity index (χ1v) is 7.89. The molecule has 18 heavy (non-hydrogen) atoms. The molecule has 0 saturated carbocycles. The third-order valence-electron chi connectivity index (χ3n) is 2.31. The van der Waals surface area contributed by atoms with Crippen LogP contribution in [0.15, 0.2) is 10.3 Å². The summed E-state index contributed by atoms with van der Waals surface area (Å²) in [6, 6.07) is 0. The molecule has 0 saturated heterocycles. The fourth-order valence-electron chi connectivity index (χ4n) is 1.46. The van der Waals surface area contributed by atoms with Crippen LogP contribution in [-0.4, -0.2) is 30.7 Å². The molecule has 5 nitrogen and oxygen atoms in total. The van der Waals surface area contributed by atoms with Gasteiger partial charge in [-0.1, -0.05) is 11.6 Å². The summed E-state index contributed by atoms with van der Waals surface area (Å²) in [5, 5.41) is -0.274. The highest BCUT2D eigenvalue weighted by Gasteiger charge is 2.51. The minimum Gasteiger partial charge on any atom is -0.448 e. The molecule has 1 rings (SSSR count). The van der Waals surface area contributed by atoms with Crippen LogP contribution in [0.3, 0.4) is 0 Å². The Bertz CT molecular complexity index is 412. The maximum atomic E-state index is 12.5. The number of alkyl halides is 1. The van der Waals surface area contributed by atoms with Crippen LogP contribution < -0.4 is 0 Å². The van der Waals surface area contributed by atoms with Crippen molar-refractivity contribution in [1.29, 1.82) is 0 Å². The van der Waals surface area contributed by atoms with Crippen molar-refractivity contribution in [3.63, 3.8) is 0 Å². The van der Waals surface area contributed by atoms with Crippen molar-refractivity contribution in [2.24, 2.45) is 0 Å². The number of cyclic esters (lactones) is 1. The van der Waals surface area contributed by atoms with E-state index in [9.17, 15) is 9.36 Å². The minimum atomic E-state index is -3.76. The van der Waals surface area contributed by atoms with Gasteiger partial charge in [-0.05, 0) is 20.8 Å². The van der Waals surface area contributed by atoms with Gasteiger partial charge in [0.05, 0.1) is 24.1 Å². The van der Waals surface area contributed by atoms with E-state index in [1.54, 1.807) is 13.8 Å². The molecule has 0 aromatic heterocycles. The van der Waals surface area contributed by atoms with E-state index in [-0.39, 0.29) is 29.4 Å². The summed E-state index contributed by atoms with van der Waals surface area (Å²) in [6.07, 6.45) is 0. The molecule has 0 aromatic carbocycles. The molecule has 0 amide bonds. The summed E-state index contributed by atoms with van der Waals surface area (Å²) in [4.78, 5) is 11.8. The number of halogens is 2. The second kappa shape index (κ2) is 5.93. The Hall–Kier alpha value is -0.0600. The Labute approximate surface area is 116 Å². The number of carbonyl (C=O) groups is 1. The first-order chi connectivity index (χ1) is 8.34. The van der Waals surface area contributed by atoms with Crippen molar-refractivity contribution in [1.82, 2.24) is 0 Å².